The smallest absolute Gasteiger partial charge is 0.350 e. The zero-order valence-corrected chi connectivity index (χ0v) is 11.8. The third kappa shape index (κ3) is 3.39. The van der Waals surface area contributed by atoms with E-state index >= 15 is 0 Å². The van der Waals surface area contributed by atoms with Crippen LogP contribution in [0, 0.1) is 0 Å². The molecule has 4 nitrogen and oxygen atoms in total. The summed E-state index contributed by atoms with van der Waals surface area (Å²) in [5.41, 5.74) is 7.28. The molecule has 1 aromatic carbocycles. The standard InChI is InChI=1S/C13H13ClN2O2S/c1-18-13(17)12-10(15)6-11(19-12)16-7-8-2-4-9(14)5-3-8/h2-6,16H,7,15H2,1H3. The Labute approximate surface area is 120 Å². The molecule has 2 rings (SSSR count). The average Bonchev–Trinajstić information content (AvgIpc) is 2.78. The predicted molar refractivity (Wildman–Crippen MR) is 78.8 cm³/mol. The molecule has 0 aliphatic heterocycles. The van der Waals surface area contributed by atoms with Crippen molar-refractivity contribution < 1.29 is 9.53 Å². The minimum atomic E-state index is -0.415. The summed E-state index contributed by atoms with van der Waals surface area (Å²) in [6.45, 7) is 0.637. The molecule has 0 fully saturated rings. The number of benzene rings is 1. The van der Waals surface area contributed by atoms with E-state index in [0.29, 0.717) is 22.1 Å². The Kier molecular flexibility index (Phi) is 4.29. The van der Waals surface area contributed by atoms with Crippen molar-refractivity contribution >= 4 is 39.6 Å². The highest BCUT2D eigenvalue weighted by molar-refractivity contribution is 7.18. The van der Waals surface area contributed by atoms with Crippen LogP contribution < -0.4 is 11.1 Å². The topological polar surface area (TPSA) is 64.3 Å². The van der Waals surface area contributed by atoms with Crippen LogP contribution in [0.5, 0.6) is 0 Å². The van der Waals surface area contributed by atoms with Gasteiger partial charge >= 0.3 is 5.97 Å². The van der Waals surface area contributed by atoms with Crippen molar-refractivity contribution in [3.63, 3.8) is 0 Å². The summed E-state index contributed by atoms with van der Waals surface area (Å²) in [4.78, 5) is 11.8. The number of methoxy groups -OCH3 is 1. The summed E-state index contributed by atoms with van der Waals surface area (Å²) < 4.78 is 4.66. The van der Waals surface area contributed by atoms with Crippen molar-refractivity contribution in [3.05, 3.63) is 45.8 Å². The van der Waals surface area contributed by atoms with E-state index < -0.39 is 5.97 Å². The maximum absolute atomic E-state index is 11.4. The monoisotopic (exact) mass is 296 g/mol. The zero-order valence-electron chi connectivity index (χ0n) is 10.3. The Morgan fingerprint density at radius 2 is 2.11 bits per heavy atom. The maximum atomic E-state index is 11.4. The van der Waals surface area contributed by atoms with Crippen molar-refractivity contribution in [3.8, 4) is 0 Å². The van der Waals surface area contributed by atoms with Gasteiger partial charge in [0.15, 0.2) is 0 Å². The Balaban J connectivity index is 2.04. The summed E-state index contributed by atoms with van der Waals surface area (Å²) in [5.74, 6) is -0.415. The number of nitrogen functional groups attached to an aromatic ring is 1. The van der Waals surface area contributed by atoms with Crippen LogP contribution in [0.25, 0.3) is 0 Å². The molecule has 0 amide bonds. The summed E-state index contributed by atoms with van der Waals surface area (Å²) >= 11 is 7.10. The highest BCUT2D eigenvalue weighted by Gasteiger charge is 2.14. The van der Waals surface area contributed by atoms with Crippen LogP contribution in [0.4, 0.5) is 10.7 Å². The van der Waals surface area contributed by atoms with Gasteiger partial charge in [0.05, 0.1) is 17.8 Å². The average molecular weight is 297 g/mol. The van der Waals surface area contributed by atoms with Crippen molar-refractivity contribution in [1.82, 2.24) is 0 Å². The quantitative estimate of drug-likeness (QED) is 0.849. The first kappa shape index (κ1) is 13.7. The number of nitrogens with two attached hydrogens (primary N) is 1. The first-order chi connectivity index (χ1) is 9.10. The molecule has 0 radical (unpaired) electrons. The Morgan fingerprint density at radius 3 is 2.74 bits per heavy atom. The van der Waals surface area contributed by atoms with E-state index in [0.717, 1.165) is 10.6 Å². The van der Waals surface area contributed by atoms with E-state index in [1.54, 1.807) is 6.07 Å². The third-order valence-electron chi connectivity index (χ3n) is 2.51. The van der Waals surface area contributed by atoms with Gasteiger partial charge in [0.1, 0.15) is 4.88 Å². The predicted octanol–water partition coefficient (Wildman–Crippen LogP) is 3.38. The van der Waals surface area contributed by atoms with Crippen molar-refractivity contribution in [2.75, 3.05) is 18.2 Å². The lowest BCUT2D eigenvalue weighted by Crippen LogP contribution is -2.01. The lowest BCUT2D eigenvalue weighted by atomic mass is 10.2. The van der Waals surface area contributed by atoms with Crippen molar-refractivity contribution in [2.45, 2.75) is 6.54 Å². The molecule has 0 atom stereocenters. The normalized spacial score (nSPS) is 10.2. The lowest BCUT2D eigenvalue weighted by molar-refractivity contribution is 0.0607. The molecule has 2 aromatic rings. The first-order valence-electron chi connectivity index (χ1n) is 5.56. The van der Waals surface area contributed by atoms with E-state index in [1.165, 1.54) is 18.4 Å². The van der Waals surface area contributed by atoms with Gasteiger partial charge in [0, 0.05) is 11.6 Å². The molecule has 100 valence electrons. The number of ether oxygens (including phenoxy) is 1. The molecule has 6 heteroatoms. The second kappa shape index (κ2) is 5.95. The van der Waals surface area contributed by atoms with Crippen LogP contribution in [0.2, 0.25) is 5.02 Å². The molecule has 0 bridgehead atoms. The number of esters is 1. The molecular weight excluding hydrogens is 284 g/mol. The molecule has 0 unspecified atom stereocenters. The number of halogens is 1. The van der Waals surface area contributed by atoms with Crippen LogP contribution in [0.3, 0.4) is 0 Å². The van der Waals surface area contributed by atoms with Crippen LogP contribution >= 0.6 is 22.9 Å². The van der Waals surface area contributed by atoms with Crippen LogP contribution in [-0.2, 0) is 11.3 Å². The minimum absolute atomic E-state index is 0.415. The van der Waals surface area contributed by atoms with Gasteiger partial charge in [-0.3, -0.25) is 0 Å². The van der Waals surface area contributed by atoms with Gasteiger partial charge in [-0.1, -0.05) is 23.7 Å². The maximum Gasteiger partial charge on any atom is 0.350 e. The largest absolute Gasteiger partial charge is 0.465 e. The van der Waals surface area contributed by atoms with E-state index in [4.69, 9.17) is 17.3 Å². The van der Waals surface area contributed by atoms with E-state index in [9.17, 15) is 4.79 Å². The second-order valence-electron chi connectivity index (χ2n) is 3.87. The molecule has 1 aromatic heterocycles. The number of rotatable bonds is 4. The highest BCUT2D eigenvalue weighted by Crippen LogP contribution is 2.30. The number of hydrogen-bond donors (Lipinski definition) is 2. The number of thiophene rings is 1. The fourth-order valence-electron chi connectivity index (χ4n) is 1.54. The second-order valence-corrected chi connectivity index (χ2v) is 5.36. The number of carbonyl (C=O) groups is 1. The number of nitrogens with one attached hydrogen (secondary N) is 1. The van der Waals surface area contributed by atoms with Gasteiger partial charge in [0.25, 0.3) is 0 Å². The molecular formula is C13H13ClN2O2S. The van der Waals surface area contributed by atoms with Gasteiger partial charge in [-0.15, -0.1) is 11.3 Å². The van der Waals surface area contributed by atoms with Crippen LogP contribution in [0.15, 0.2) is 30.3 Å². The van der Waals surface area contributed by atoms with E-state index in [2.05, 4.69) is 10.1 Å². The molecule has 19 heavy (non-hydrogen) atoms. The van der Waals surface area contributed by atoms with E-state index in [1.807, 2.05) is 24.3 Å². The SMILES string of the molecule is COC(=O)c1sc(NCc2ccc(Cl)cc2)cc1N. The Morgan fingerprint density at radius 1 is 1.42 bits per heavy atom. The summed E-state index contributed by atoms with van der Waals surface area (Å²) in [6, 6.07) is 9.27. The third-order valence-corrected chi connectivity index (χ3v) is 3.85. The molecule has 0 spiro atoms. The van der Waals surface area contributed by atoms with E-state index in [-0.39, 0.29) is 0 Å². The molecule has 0 aliphatic rings. The highest BCUT2D eigenvalue weighted by atomic mass is 35.5. The van der Waals surface area contributed by atoms with Gasteiger partial charge in [-0.25, -0.2) is 4.79 Å². The van der Waals surface area contributed by atoms with Crippen molar-refractivity contribution in [1.29, 1.82) is 0 Å². The fourth-order valence-corrected chi connectivity index (χ4v) is 2.56. The summed E-state index contributed by atoms with van der Waals surface area (Å²) in [6.07, 6.45) is 0. The Bertz CT molecular complexity index is 581. The lowest BCUT2D eigenvalue weighted by Gasteiger charge is -2.03. The van der Waals surface area contributed by atoms with Gasteiger partial charge in [0.2, 0.25) is 0 Å². The molecule has 0 saturated heterocycles. The molecule has 3 N–H and O–H groups in total. The summed E-state index contributed by atoms with van der Waals surface area (Å²) in [7, 11) is 1.34. The number of hydrogen-bond acceptors (Lipinski definition) is 5. The first-order valence-corrected chi connectivity index (χ1v) is 6.75. The van der Waals surface area contributed by atoms with Gasteiger partial charge in [-0.2, -0.15) is 0 Å². The van der Waals surface area contributed by atoms with Gasteiger partial charge in [-0.05, 0) is 23.8 Å². The fraction of sp³-hybridized carbons (Fsp3) is 0.154. The molecule has 0 aliphatic carbocycles. The van der Waals surface area contributed by atoms with Crippen molar-refractivity contribution in [2.24, 2.45) is 0 Å². The minimum Gasteiger partial charge on any atom is -0.465 e. The Hall–Kier alpha value is -1.72. The number of anilines is 2. The van der Waals surface area contributed by atoms with Crippen LogP contribution in [0.1, 0.15) is 15.2 Å². The molecule has 1 heterocycles. The van der Waals surface area contributed by atoms with Crippen LogP contribution in [-0.4, -0.2) is 13.1 Å². The molecule has 0 saturated carbocycles. The summed E-state index contributed by atoms with van der Waals surface area (Å²) in [5, 5.41) is 4.74. The van der Waals surface area contributed by atoms with Gasteiger partial charge < -0.3 is 15.8 Å². The zero-order chi connectivity index (χ0) is 13.8. The number of carbonyl (C=O) groups excluding carboxylic acids is 1.